The zero-order valence-electron chi connectivity index (χ0n) is 10.1. The molecule has 1 saturated carbocycles. The molecule has 0 aliphatic heterocycles. The molecule has 0 heterocycles. The fourth-order valence-electron chi connectivity index (χ4n) is 1.24. The largest absolute Gasteiger partial charge is 0.382 e. The molecule has 94 valence electrons. The van der Waals surface area contributed by atoms with Crippen LogP contribution in [-0.4, -0.2) is 45.5 Å². The van der Waals surface area contributed by atoms with Crippen LogP contribution in [0.5, 0.6) is 0 Å². The molecule has 3 N–H and O–H groups in total. The molecule has 0 aromatic carbocycles. The van der Waals surface area contributed by atoms with Gasteiger partial charge in [-0.05, 0) is 25.7 Å². The van der Waals surface area contributed by atoms with Gasteiger partial charge in [-0.15, -0.1) is 0 Å². The molecular weight excluding hydrogens is 206 g/mol. The van der Waals surface area contributed by atoms with Crippen LogP contribution in [0.25, 0.3) is 0 Å². The van der Waals surface area contributed by atoms with E-state index < -0.39 is 0 Å². The van der Waals surface area contributed by atoms with Gasteiger partial charge in [0.15, 0.2) is 5.96 Å². The molecule has 0 aromatic heterocycles. The standard InChI is InChI=1S/C11H23N3O2/c1-15-8-9-16-7-3-2-6-13-11(12)14-10-4-5-10/h10H,2-9H2,1H3,(H3,12,13,14). The molecule has 1 aliphatic carbocycles. The lowest BCUT2D eigenvalue weighted by atomic mass is 10.3. The van der Waals surface area contributed by atoms with Crippen molar-refractivity contribution in [2.75, 3.05) is 33.5 Å². The third-order valence-corrected chi connectivity index (χ3v) is 2.34. The van der Waals surface area contributed by atoms with E-state index in [1.165, 1.54) is 12.8 Å². The van der Waals surface area contributed by atoms with E-state index in [-0.39, 0.29) is 0 Å². The summed E-state index contributed by atoms with van der Waals surface area (Å²) in [6, 6.07) is 0.584. The molecule has 1 fully saturated rings. The smallest absolute Gasteiger partial charge is 0.188 e. The minimum atomic E-state index is 0.584. The van der Waals surface area contributed by atoms with Crippen molar-refractivity contribution in [2.45, 2.75) is 31.7 Å². The maximum Gasteiger partial charge on any atom is 0.188 e. The Hall–Kier alpha value is -0.810. The van der Waals surface area contributed by atoms with Crippen molar-refractivity contribution in [3.63, 3.8) is 0 Å². The second-order valence-electron chi connectivity index (χ2n) is 4.00. The maximum absolute atomic E-state index is 5.69. The van der Waals surface area contributed by atoms with Gasteiger partial charge in [-0.25, -0.2) is 0 Å². The quantitative estimate of drug-likeness (QED) is 0.343. The second-order valence-corrected chi connectivity index (χ2v) is 4.00. The van der Waals surface area contributed by atoms with Gasteiger partial charge in [0.1, 0.15) is 0 Å². The highest BCUT2D eigenvalue weighted by Gasteiger charge is 2.21. The van der Waals surface area contributed by atoms with Crippen LogP contribution in [0, 0.1) is 0 Å². The van der Waals surface area contributed by atoms with Crippen LogP contribution in [0.2, 0.25) is 0 Å². The first-order valence-corrected chi connectivity index (χ1v) is 5.96. The summed E-state index contributed by atoms with van der Waals surface area (Å²) in [5, 5.41) is 3.15. The van der Waals surface area contributed by atoms with E-state index >= 15 is 0 Å². The lowest BCUT2D eigenvalue weighted by Crippen LogP contribution is -2.33. The number of guanidine groups is 1. The lowest BCUT2D eigenvalue weighted by molar-refractivity contribution is 0.0690. The third-order valence-electron chi connectivity index (χ3n) is 2.34. The maximum atomic E-state index is 5.69. The molecule has 16 heavy (non-hydrogen) atoms. The molecular formula is C11H23N3O2. The topological polar surface area (TPSA) is 68.9 Å². The number of unbranched alkanes of at least 4 members (excludes halogenated alkanes) is 1. The van der Waals surface area contributed by atoms with Crippen molar-refractivity contribution < 1.29 is 9.47 Å². The molecule has 0 atom stereocenters. The SMILES string of the molecule is COCCOCCCCN=C(N)NC1CC1. The van der Waals surface area contributed by atoms with Crippen molar-refractivity contribution in [1.29, 1.82) is 0 Å². The molecule has 5 heteroatoms. The highest BCUT2D eigenvalue weighted by Crippen LogP contribution is 2.17. The summed E-state index contributed by atoms with van der Waals surface area (Å²) < 4.78 is 10.2. The number of ether oxygens (including phenoxy) is 2. The predicted molar refractivity (Wildman–Crippen MR) is 64.6 cm³/mol. The van der Waals surface area contributed by atoms with E-state index in [2.05, 4.69) is 10.3 Å². The summed E-state index contributed by atoms with van der Waals surface area (Å²) >= 11 is 0. The Labute approximate surface area is 97.4 Å². The van der Waals surface area contributed by atoms with Crippen molar-refractivity contribution >= 4 is 5.96 Å². The van der Waals surface area contributed by atoms with Crippen LogP contribution in [-0.2, 0) is 9.47 Å². The highest BCUT2D eigenvalue weighted by atomic mass is 16.5. The molecule has 5 nitrogen and oxygen atoms in total. The number of rotatable bonds is 9. The van der Waals surface area contributed by atoms with Crippen LogP contribution in [0.3, 0.4) is 0 Å². The molecule has 0 amide bonds. The molecule has 0 aromatic rings. The minimum absolute atomic E-state index is 0.584. The van der Waals surface area contributed by atoms with Crippen LogP contribution in [0.15, 0.2) is 4.99 Å². The average molecular weight is 229 g/mol. The highest BCUT2D eigenvalue weighted by molar-refractivity contribution is 5.78. The fraction of sp³-hybridized carbons (Fsp3) is 0.909. The van der Waals surface area contributed by atoms with E-state index in [9.17, 15) is 0 Å². The van der Waals surface area contributed by atoms with Crippen molar-refractivity contribution in [3.8, 4) is 0 Å². The first kappa shape index (κ1) is 13.3. The molecule has 1 rings (SSSR count). The Morgan fingerprint density at radius 3 is 2.81 bits per heavy atom. The van der Waals surface area contributed by atoms with E-state index in [0.29, 0.717) is 25.2 Å². The number of nitrogens with one attached hydrogen (secondary N) is 1. The monoisotopic (exact) mass is 229 g/mol. The van der Waals surface area contributed by atoms with E-state index in [1.54, 1.807) is 7.11 Å². The summed E-state index contributed by atoms with van der Waals surface area (Å²) in [5.41, 5.74) is 5.69. The first-order valence-electron chi connectivity index (χ1n) is 5.96. The molecule has 1 aliphatic rings. The molecule has 0 spiro atoms. The van der Waals surface area contributed by atoms with Gasteiger partial charge < -0.3 is 20.5 Å². The second kappa shape index (κ2) is 8.35. The molecule has 0 saturated heterocycles. The van der Waals surface area contributed by atoms with Gasteiger partial charge in [0.25, 0.3) is 0 Å². The summed E-state index contributed by atoms with van der Waals surface area (Å²) in [5.74, 6) is 0.586. The summed E-state index contributed by atoms with van der Waals surface area (Å²) in [7, 11) is 1.67. The number of aliphatic imine (C=N–C) groups is 1. The predicted octanol–water partition coefficient (Wildman–Crippen LogP) is 0.496. The summed E-state index contributed by atoms with van der Waals surface area (Å²) in [6.07, 6.45) is 4.48. The first-order chi connectivity index (χ1) is 7.83. The number of nitrogens with two attached hydrogens (primary N) is 1. The Morgan fingerprint density at radius 1 is 1.31 bits per heavy atom. The lowest BCUT2D eigenvalue weighted by Gasteiger charge is -2.04. The van der Waals surface area contributed by atoms with E-state index in [4.69, 9.17) is 15.2 Å². The number of hydrogen-bond acceptors (Lipinski definition) is 3. The van der Waals surface area contributed by atoms with Crippen LogP contribution >= 0.6 is 0 Å². The molecule has 0 unspecified atom stereocenters. The van der Waals surface area contributed by atoms with Gasteiger partial charge >= 0.3 is 0 Å². The van der Waals surface area contributed by atoms with Crippen molar-refractivity contribution in [1.82, 2.24) is 5.32 Å². The van der Waals surface area contributed by atoms with Crippen LogP contribution in [0.4, 0.5) is 0 Å². The van der Waals surface area contributed by atoms with Crippen LogP contribution in [0.1, 0.15) is 25.7 Å². The normalized spacial score (nSPS) is 16.4. The third kappa shape index (κ3) is 7.48. The van der Waals surface area contributed by atoms with Gasteiger partial charge in [-0.1, -0.05) is 0 Å². The zero-order valence-corrected chi connectivity index (χ0v) is 10.1. The van der Waals surface area contributed by atoms with Gasteiger partial charge in [-0.2, -0.15) is 0 Å². The fourth-order valence-corrected chi connectivity index (χ4v) is 1.24. The summed E-state index contributed by atoms with van der Waals surface area (Å²) in [4.78, 5) is 4.24. The Morgan fingerprint density at radius 2 is 2.12 bits per heavy atom. The summed E-state index contributed by atoms with van der Waals surface area (Å²) in [6.45, 7) is 2.88. The van der Waals surface area contributed by atoms with Gasteiger partial charge in [0.2, 0.25) is 0 Å². The Kier molecular flexibility index (Phi) is 6.92. The van der Waals surface area contributed by atoms with Gasteiger partial charge in [0.05, 0.1) is 13.2 Å². The van der Waals surface area contributed by atoms with Gasteiger partial charge in [-0.3, -0.25) is 4.99 Å². The van der Waals surface area contributed by atoms with E-state index in [1.807, 2.05) is 0 Å². The van der Waals surface area contributed by atoms with Crippen LogP contribution < -0.4 is 11.1 Å². The van der Waals surface area contributed by atoms with Gasteiger partial charge in [0, 0.05) is 26.3 Å². The Balaban J connectivity index is 1.82. The number of hydrogen-bond donors (Lipinski definition) is 2. The Bertz CT molecular complexity index is 205. The van der Waals surface area contributed by atoms with Crippen molar-refractivity contribution in [3.05, 3.63) is 0 Å². The number of methoxy groups -OCH3 is 1. The number of nitrogens with zero attached hydrogens (tertiary/aromatic N) is 1. The van der Waals surface area contributed by atoms with E-state index in [0.717, 1.165) is 26.0 Å². The minimum Gasteiger partial charge on any atom is -0.382 e. The zero-order chi connectivity index (χ0) is 11.6. The van der Waals surface area contributed by atoms with Crippen molar-refractivity contribution in [2.24, 2.45) is 10.7 Å². The molecule has 0 radical (unpaired) electrons. The average Bonchev–Trinajstić information content (AvgIpc) is 3.06. The molecule has 0 bridgehead atoms.